The van der Waals surface area contributed by atoms with Crippen LogP contribution in [0.25, 0.3) is 11.5 Å². The van der Waals surface area contributed by atoms with E-state index in [0.717, 1.165) is 35.4 Å². The molecule has 3 aromatic rings. The van der Waals surface area contributed by atoms with Crippen LogP contribution >= 0.6 is 15.9 Å². The van der Waals surface area contributed by atoms with Crippen molar-refractivity contribution in [2.75, 3.05) is 31.6 Å². The average Bonchev–Trinajstić information content (AvgIpc) is 3.23. The number of ether oxygens (including phenoxy) is 1. The number of aromatic nitrogens is 2. The van der Waals surface area contributed by atoms with Crippen LogP contribution in [0.1, 0.15) is 23.2 Å². The lowest BCUT2D eigenvalue weighted by atomic mass is 10.1. The minimum absolute atomic E-state index is 0.318. The zero-order valence-electron chi connectivity index (χ0n) is 16.9. The Morgan fingerprint density at radius 1 is 1.20 bits per heavy atom. The number of carbonyl (C=O) groups excluding carboxylic acids is 1. The van der Waals surface area contributed by atoms with Crippen molar-refractivity contribution in [3.05, 3.63) is 64.5 Å². The molecule has 0 bridgehead atoms. The molecule has 0 saturated carbocycles. The maximum atomic E-state index is 11.6. The van der Waals surface area contributed by atoms with E-state index in [9.17, 15) is 4.79 Å². The van der Waals surface area contributed by atoms with Crippen LogP contribution in [0.4, 0.5) is 5.69 Å². The predicted molar refractivity (Wildman–Crippen MR) is 117 cm³/mol. The molecule has 1 fully saturated rings. The highest BCUT2D eigenvalue weighted by Gasteiger charge is 2.25. The highest BCUT2D eigenvalue weighted by Crippen LogP contribution is 2.24. The molecule has 0 amide bonds. The molecule has 1 aliphatic rings. The summed E-state index contributed by atoms with van der Waals surface area (Å²) in [5.41, 5.74) is 2.56. The number of esters is 1. The molecule has 0 spiro atoms. The Hall–Kier alpha value is -2.71. The molecule has 7 nitrogen and oxygen atoms in total. The molecule has 2 heterocycles. The Bertz CT molecular complexity index is 1020. The number of hydrogen-bond donors (Lipinski definition) is 0. The summed E-state index contributed by atoms with van der Waals surface area (Å²) >= 11 is 3.47. The fourth-order valence-electron chi connectivity index (χ4n) is 3.62. The van der Waals surface area contributed by atoms with Crippen LogP contribution in [0, 0.1) is 0 Å². The molecule has 4 rings (SSSR count). The quantitative estimate of drug-likeness (QED) is 0.521. The van der Waals surface area contributed by atoms with Crippen LogP contribution in [0.3, 0.4) is 0 Å². The maximum absolute atomic E-state index is 11.6. The first-order valence-corrected chi connectivity index (χ1v) is 10.6. The third-order valence-electron chi connectivity index (χ3n) is 5.30. The molecule has 0 N–H and O–H groups in total. The monoisotopic (exact) mass is 470 g/mol. The molecule has 2 aromatic carbocycles. The Kier molecular flexibility index (Phi) is 6.15. The lowest BCUT2D eigenvalue weighted by molar-refractivity contribution is 0.0600. The van der Waals surface area contributed by atoms with Gasteiger partial charge in [0.15, 0.2) is 0 Å². The van der Waals surface area contributed by atoms with E-state index in [2.05, 4.69) is 42.9 Å². The zero-order chi connectivity index (χ0) is 21.1. The van der Waals surface area contributed by atoms with Gasteiger partial charge in [0.1, 0.15) is 0 Å². The van der Waals surface area contributed by atoms with Crippen molar-refractivity contribution >= 4 is 27.6 Å². The second-order valence-electron chi connectivity index (χ2n) is 7.32. The molecule has 1 unspecified atom stereocenters. The standard InChI is InChI=1S/C22H23BrN4O3/c1-15-13-27(19-8-6-16(7-9-19)22(28)29-2)11-10-26(15)14-20-24-25-21(30-20)17-4-3-5-18(23)12-17/h3-9,12,15H,10-11,13-14H2,1-2H3. The van der Waals surface area contributed by atoms with Crippen molar-refractivity contribution in [2.24, 2.45) is 0 Å². The summed E-state index contributed by atoms with van der Waals surface area (Å²) in [4.78, 5) is 16.3. The number of piperazine rings is 1. The highest BCUT2D eigenvalue weighted by molar-refractivity contribution is 9.10. The van der Waals surface area contributed by atoms with Gasteiger partial charge in [-0.25, -0.2) is 4.79 Å². The minimum Gasteiger partial charge on any atom is -0.465 e. The van der Waals surface area contributed by atoms with Gasteiger partial charge in [-0.15, -0.1) is 10.2 Å². The molecule has 0 aliphatic carbocycles. The van der Waals surface area contributed by atoms with Crippen molar-refractivity contribution in [1.29, 1.82) is 0 Å². The lowest BCUT2D eigenvalue weighted by Crippen LogP contribution is -2.51. The second kappa shape index (κ2) is 8.97. The largest absolute Gasteiger partial charge is 0.465 e. The van der Waals surface area contributed by atoms with Crippen LogP contribution in [-0.2, 0) is 11.3 Å². The predicted octanol–water partition coefficient (Wildman–Crippen LogP) is 4.00. The van der Waals surface area contributed by atoms with Gasteiger partial charge in [-0.05, 0) is 49.4 Å². The van der Waals surface area contributed by atoms with E-state index in [0.29, 0.717) is 29.9 Å². The van der Waals surface area contributed by atoms with E-state index in [1.807, 2.05) is 36.4 Å². The molecular weight excluding hydrogens is 448 g/mol. The topological polar surface area (TPSA) is 71.7 Å². The summed E-state index contributed by atoms with van der Waals surface area (Å²) < 4.78 is 11.6. The summed E-state index contributed by atoms with van der Waals surface area (Å²) in [6.45, 7) is 5.46. The molecule has 30 heavy (non-hydrogen) atoms. The molecule has 1 aliphatic heterocycles. The van der Waals surface area contributed by atoms with E-state index in [1.165, 1.54) is 7.11 Å². The molecule has 1 atom stereocenters. The van der Waals surface area contributed by atoms with Crippen LogP contribution in [0.15, 0.2) is 57.4 Å². The lowest BCUT2D eigenvalue weighted by Gasteiger charge is -2.40. The van der Waals surface area contributed by atoms with Crippen LogP contribution in [-0.4, -0.2) is 53.9 Å². The molecule has 8 heteroatoms. The summed E-state index contributed by atoms with van der Waals surface area (Å²) in [5, 5.41) is 8.43. The third kappa shape index (κ3) is 4.55. The van der Waals surface area contributed by atoms with Gasteiger partial charge in [0, 0.05) is 41.4 Å². The van der Waals surface area contributed by atoms with E-state index < -0.39 is 0 Å². The van der Waals surface area contributed by atoms with E-state index in [4.69, 9.17) is 9.15 Å². The van der Waals surface area contributed by atoms with Gasteiger partial charge in [0.05, 0.1) is 19.2 Å². The molecule has 156 valence electrons. The van der Waals surface area contributed by atoms with Crippen LogP contribution in [0.5, 0.6) is 0 Å². The molecule has 1 aromatic heterocycles. The average molecular weight is 471 g/mol. The van der Waals surface area contributed by atoms with E-state index in [-0.39, 0.29) is 5.97 Å². The normalized spacial score (nSPS) is 17.2. The fourth-order valence-corrected chi connectivity index (χ4v) is 4.02. The van der Waals surface area contributed by atoms with Crippen molar-refractivity contribution in [2.45, 2.75) is 19.5 Å². The van der Waals surface area contributed by atoms with E-state index in [1.54, 1.807) is 12.1 Å². The number of anilines is 1. The van der Waals surface area contributed by atoms with Crippen molar-refractivity contribution in [3.63, 3.8) is 0 Å². The van der Waals surface area contributed by atoms with Crippen molar-refractivity contribution in [3.8, 4) is 11.5 Å². The Morgan fingerprint density at radius 2 is 2.00 bits per heavy atom. The zero-order valence-corrected chi connectivity index (χ0v) is 18.5. The summed E-state index contributed by atoms with van der Waals surface area (Å²) in [6, 6.07) is 15.7. The van der Waals surface area contributed by atoms with Gasteiger partial charge in [0.25, 0.3) is 0 Å². The van der Waals surface area contributed by atoms with Gasteiger partial charge in [-0.3, -0.25) is 4.90 Å². The number of methoxy groups -OCH3 is 1. The second-order valence-corrected chi connectivity index (χ2v) is 8.23. The first-order valence-electron chi connectivity index (χ1n) is 9.79. The summed E-state index contributed by atoms with van der Waals surface area (Å²) in [6.07, 6.45) is 0. The number of nitrogens with zero attached hydrogens (tertiary/aromatic N) is 4. The first-order chi connectivity index (χ1) is 14.5. The number of carbonyl (C=O) groups is 1. The van der Waals surface area contributed by atoms with Gasteiger partial charge in [-0.2, -0.15) is 0 Å². The fraction of sp³-hybridized carbons (Fsp3) is 0.318. The number of benzene rings is 2. The molecular formula is C22H23BrN4O3. The number of halogens is 1. The smallest absolute Gasteiger partial charge is 0.337 e. The minimum atomic E-state index is -0.318. The summed E-state index contributed by atoms with van der Waals surface area (Å²) in [5.74, 6) is 0.831. The Balaban J connectivity index is 1.38. The van der Waals surface area contributed by atoms with Gasteiger partial charge in [0.2, 0.25) is 11.8 Å². The van der Waals surface area contributed by atoms with Gasteiger partial charge < -0.3 is 14.1 Å². The highest BCUT2D eigenvalue weighted by atomic mass is 79.9. The van der Waals surface area contributed by atoms with Gasteiger partial charge >= 0.3 is 5.97 Å². The van der Waals surface area contributed by atoms with Crippen molar-refractivity contribution < 1.29 is 13.9 Å². The van der Waals surface area contributed by atoms with E-state index >= 15 is 0 Å². The Morgan fingerprint density at radius 3 is 2.70 bits per heavy atom. The maximum Gasteiger partial charge on any atom is 0.337 e. The van der Waals surface area contributed by atoms with Gasteiger partial charge in [-0.1, -0.05) is 22.0 Å². The van der Waals surface area contributed by atoms with Crippen LogP contribution < -0.4 is 4.90 Å². The SMILES string of the molecule is COC(=O)c1ccc(N2CCN(Cc3nnc(-c4cccc(Br)c4)o3)C(C)C2)cc1. The first kappa shape index (κ1) is 20.6. The van der Waals surface area contributed by atoms with Crippen LogP contribution in [0.2, 0.25) is 0 Å². The third-order valence-corrected chi connectivity index (χ3v) is 5.79. The number of rotatable bonds is 5. The van der Waals surface area contributed by atoms with Crippen molar-refractivity contribution in [1.82, 2.24) is 15.1 Å². The summed E-state index contributed by atoms with van der Waals surface area (Å²) in [7, 11) is 1.39. The molecule has 1 saturated heterocycles. The molecule has 0 radical (unpaired) electrons. The number of hydrogen-bond acceptors (Lipinski definition) is 7. The Labute approximate surface area is 183 Å².